The highest BCUT2D eigenvalue weighted by Gasteiger charge is 2.32. The van der Waals surface area contributed by atoms with E-state index in [-0.39, 0.29) is 23.1 Å². The van der Waals surface area contributed by atoms with E-state index in [9.17, 15) is 4.57 Å². The van der Waals surface area contributed by atoms with E-state index < -0.39 is 7.60 Å². The molecule has 0 N–H and O–H groups in total. The van der Waals surface area contributed by atoms with E-state index in [0.29, 0.717) is 6.61 Å². The monoisotopic (exact) mass is 483 g/mol. The van der Waals surface area contributed by atoms with Crippen molar-refractivity contribution in [2.75, 3.05) is 40.5 Å². The molecule has 1 aliphatic heterocycles. The molecule has 1 aliphatic rings. The lowest BCUT2D eigenvalue weighted by molar-refractivity contribution is -0.893. The minimum Gasteiger partial charge on any atom is -1.00 e. The van der Waals surface area contributed by atoms with Crippen molar-refractivity contribution in [3.05, 3.63) is 0 Å². The molecule has 1 saturated heterocycles. The summed E-state index contributed by atoms with van der Waals surface area (Å²) in [5.74, 6) is 0. The van der Waals surface area contributed by atoms with Crippen LogP contribution in [0.3, 0.4) is 0 Å². The summed E-state index contributed by atoms with van der Waals surface area (Å²) in [4.78, 5) is 0. The fourth-order valence-electron chi connectivity index (χ4n) is 3.96. The Morgan fingerprint density at radius 2 is 1.32 bits per heavy atom. The van der Waals surface area contributed by atoms with Gasteiger partial charge in [-0.3, -0.25) is 9.09 Å². The van der Waals surface area contributed by atoms with Crippen LogP contribution in [-0.4, -0.2) is 51.0 Å². The highest BCUT2D eigenvalue weighted by Crippen LogP contribution is 2.46. The van der Waals surface area contributed by atoms with Crippen molar-refractivity contribution in [3.63, 3.8) is 0 Å². The van der Waals surface area contributed by atoms with E-state index in [0.717, 1.165) is 24.0 Å². The third-order valence-electron chi connectivity index (χ3n) is 5.69. The zero-order valence-corrected chi connectivity index (χ0v) is 21.6. The number of hydrogen-bond acceptors (Lipinski definition) is 3. The van der Waals surface area contributed by atoms with Crippen LogP contribution in [0.1, 0.15) is 96.8 Å². The molecule has 0 aromatic heterocycles. The molecule has 0 aliphatic carbocycles. The molecule has 4 nitrogen and oxygen atoms in total. The average molecular weight is 485 g/mol. The van der Waals surface area contributed by atoms with Crippen molar-refractivity contribution in [2.24, 2.45) is 0 Å². The van der Waals surface area contributed by atoms with Gasteiger partial charge in [0.2, 0.25) is 0 Å². The Kier molecular flexibility index (Phi) is 16.6. The molecule has 170 valence electrons. The van der Waals surface area contributed by atoms with Gasteiger partial charge in [0, 0.05) is 6.66 Å². The first-order chi connectivity index (χ1) is 12.8. The van der Waals surface area contributed by atoms with Crippen LogP contribution in [-0.2, 0) is 13.6 Å². The molecule has 0 saturated carbocycles. The summed E-state index contributed by atoms with van der Waals surface area (Å²) >= 11 is 0. The molecule has 1 rings (SSSR count). The fraction of sp³-hybridized carbons (Fsp3) is 1.00. The molecular formula is C22H47BrNO3P. The van der Waals surface area contributed by atoms with E-state index in [4.69, 9.17) is 9.05 Å². The molecule has 0 bridgehead atoms. The average Bonchev–Trinajstić information content (AvgIpc) is 2.56. The predicted molar refractivity (Wildman–Crippen MR) is 117 cm³/mol. The largest absolute Gasteiger partial charge is 1.00 e. The summed E-state index contributed by atoms with van der Waals surface area (Å²) in [6, 6.07) is 0. The number of nitrogens with zero attached hydrogens (tertiary/aromatic N) is 1. The standard InChI is InChI=1S/C22H47NO3P.BrH/c1-5-6-7-8-9-10-11-12-13-14-15-16-17-18-22-21-23(2,3)19-20-25-27(4,24)26-22;/h22H,5-21H2,1-4H3;1H/q+1;/p-1/t22-,27-;/m1./s1. The molecule has 0 aromatic rings. The molecule has 0 spiro atoms. The maximum Gasteiger partial charge on any atom is 0.328 e. The Labute approximate surface area is 186 Å². The summed E-state index contributed by atoms with van der Waals surface area (Å²) in [5.41, 5.74) is 0. The predicted octanol–water partition coefficient (Wildman–Crippen LogP) is 3.79. The number of halogens is 1. The maximum atomic E-state index is 12.3. The summed E-state index contributed by atoms with van der Waals surface area (Å²) in [6.07, 6.45) is 18.8. The van der Waals surface area contributed by atoms with Crippen LogP contribution < -0.4 is 17.0 Å². The second-order valence-corrected chi connectivity index (χ2v) is 11.2. The minimum atomic E-state index is -2.87. The van der Waals surface area contributed by atoms with Crippen LogP contribution in [0.25, 0.3) is 0 Å². The topological polar surface area (TPSA) is 35.5 Å². The lowest BCUT2D eigenvalue weighted by atomic mass is 10.0. The molecule has 1 heterocycles. The lowest BCUT2D eigenvalue weighted by Gasteiger charge is -2.36. The van der Waals surface area contributed by atoms with Crippen LogP contribution in [0.15, 0.2) is 0 Å². The molecule has 0 unspecified atom stereocenters. The Bertz CT molecular complexity index is 421. The van der Waals surface area contributed by atoms with Gasteiger partial charge in [-0.25, -0.2) is 0 Å². The van der Waals surface area contributed by atoms with Crippen molar-refractivity contribution in [3.8, 4) is 0 Å². The van der Waals surface area contributed by atoms with Gasteiger partial charge < -0.3 is 26.0 Å². The van der Waals surface area contributed by atoms with Crippen LogP contribution in [0.5, 0.6) is 0 Å². The van der Waals surface area contributed by atoms with E-state index in [2.05, 4.69) is 21.0 Å². The minimum absolute atomic E-state index is 0. The first kappa shape index (κ1) is 28.6. The summed E-state index contributed by atoms with van der Waals surface area (Å²) in [5, 5.41) is 0. The van der Waals surface area contributed by atoms with E-state index in [1.807, 2.05) is 0 Å². The number of quaternary nitrogens is 1. The number of unbranched alkanes of at least 4 members (excludes halogenated alkanes) is 12. The normalized spacial score (nSPS) is 24.9. The highest BCUT2D eigenvalue weighted by atomic mass is 79.9. The van der Waals surface area contributed by atoms with Crippen LogP contribution in [0.4, 0.5) is 0 Å². The first-order valence-electron chi connectivity index (χ1n) is 11.6. The molecule has 2 atom stereocenters. The summed E-state index contributed by atoms with van der Waals surface area (Å²) < 4.78 is 24.5. The lowest BCUT2D eigenvalue weighted by Crippen LogP contribution is -3.00. The van der Waals surface area contributed by atoms with Crippen LogP contribution in [0, 0.1) is 0 Å². The van der Waals surface area contributed by atoms with Gasteiger partial charge in [-0.2, -0.15) is 0 Å². The molecule has 6 heteroatoms. The zero-order valence-electron chi connectivity index (χ0n) is 19.1. The summed E-state index contributed by atoms with van der Waals surface area (Å²) in [6.45, 7) is 6.25. The van der Waals surface area contributed by atoms with Gasteiger partial charge in [-0.1, -0.05) is 90.4 Å². The zero-order chi connectivity index (χ0) is 20.0. The Morgan fingerprint density at radius 3 is 1.82 bits per heavy atom. The van der Waals surface area contributed by atoms with E-state index in [1.165, 1.54) is 83.5 Å². The van der Waals surface area contributed by atoms with Gasteiger partial charge >= 0.3 is 7.60 Å². The summed E-state index contributed by atoms with van der Waals surface area (Å²) in [7, 11) is 1.54. The smallest absolute Gasteiger partial charge is 0.328 e. The Hall–Kier alpha value is 0.590. The van der Waals surface area contributed by atoms with Gasteiger partial charge in [0.05, 0.1) is 14.1 Å². The van der Waals surface area contributed by atoms with Crippen molar-refractivity contribution >= 4 is 7.60 Å². The van der Waals surface area contributed by atoms with Gasteiger partial charge in [0.1, 0.15) is 25.8 Å². The second kappa shape index (κ2) is 16.3. The SMILES string of the molecule is CCCCCCCCCCCCCCC[C@@H]1C[N+](C)(C)CCO[P@@](C)(=O)O1.[Br-]. The van der Waals surface area contributed by atoms with Gasteiger partial charge in [0.25, 0.3) is 0 Å². The van der Waals surface area contributed by atoms with Gasteiger partial charge in [0.15, 0.2) is 0 Å². The van der Waals surface area contributed by atoms with Gasteiger partial charge in [-0.05, 0) is 6.42 Å². The van der Waals surface area contributed by atoms with Crippen LogP contribution >= 0.6 is 7.60 Å². The number of hydrogen-bond donors (Lipinski definition) is 0. The molecule has 28 heavy (non-hydrogen) atoms. The number of rotatable bonds is 14. The molecule has 1 fully saturated rings. The first-order valence-corrected chi connectivity index (χ1v) is 13.6. The number of likely N-dealkylation sites (N-methyl/N-ethyl adjacent to an activating group) is 1. The van der Waals surface area contributed by atoms with Crippen molar-refractivity contribution < 1.29 is 35.1 Å². The Morgan fingerprint density at radius 1 is 0.857 bits per heavy atom. The van der Waals surface area contributed by atoms with Gasteiger partial charge in [-0.15, -0.1) is 0 Å². The third kappa shape index (κ3) is 15.4. The molecule has 0 aromatic carbocycles. The van der Waals surface area contributed by atoms with E-state index >= 15 is 0 Å². The second-order valence-electron chi connectivity index (χ2n) is 9.21. The molecule has 0 amide bonds. The fourth-order valence-corrected chi connectivity index (χ4v) is 5.15. The van der Waals surface area contributed by atoms with Crippen molar-refractivity contribution in [2.45, 2.75) is 103 Å². The van der Waals surface area contributed by atoms with E-state index in [1.54, 1.807) is 6.66 Å². The Balaban J connectivity index is 0.00000729. The quantitative estimate of drug-likeness (QED) is 0.214. The third-order valence-corrected chi connectivity index (χ3v) is 7.02. The van der Waals surface area contributed by atoms with Crippen molar-refractivity contribution in [1.82, 2.24) is 0 Å². The molecule has 0 radical (unpaired) electrons. The molecular weight excluding hydrogens is 437 g/mol. The highest BCUT2D eigenvalue weighted by molar-refractivity contribution is 7.53. The van der Waals surface area contributed by atoms with Crippen molar-refractivity contribution in [1.29, 1.82) is 0 Å². The maximum absolute atomic E-state index is 12.3. The van der Waals surface area contributed by atoms with Crippen LogP contribution in [0.2, 0.25) is 0 Å².